The Labute approximate surface area is 157 Å². The molecule has 0 bridgehead atoms. The van der Waals surface area contributed by atoms with Crippen molar-refractivity contribution in [1.82, 2.24) is 20.4 Å². The maximum atomic E-state index is 12.6. The van der Waals surface area contributed by atoms with Crippen molar-refractivity contribution in [3.63, 3.8) is 0 Å². The first-order chi connectivity index (χ1) is 13.0. The normalized spacial score (nSPS) is 14.1. The van der Waals surface area contributed by atoms with Crippen LogP contribution in [-0.2, 0) is 16.4 Å². The molecule has 1 aliphatic heterocycles. The van der Waals surface area contributed by atoms with E-state index in [9.17, 15) is 8.42 Å². The molecule has 0 aliphatic carbocycles. The van der Waals surface area contributed by atoms with Crippen LogP contribution in [0.3, 0.4) is 0 Å². The standard InChI is InChI=1S/C18H20N6O2S/c1-12-18(13(2)20-19-12)27(25,26)23-16-9-10-17(22-21-16)24-11-5-7-14-6-3-4-8-15(14)24/h3-4,6,8-10H,5,7,11H2,1-2H3,(H,19,20)(H,21,23). The third kappa shape index (κ3) is 3.25. The molecular weight excluding hydrogens is 364 g/mol. The average molecular weight is 384 g/mol. The number of nitrogens with one attached hydrogen (secondary N) is 2. The number of aromatic nitrogens is 4. The van der Waals surface area contributed by atoms with Gasteiger partial charge in [-0.3, -0.25) is 9.82 Å². The summed E-state index contributed by atoms with van der Waals surface area (Å²) in [7, 11) is -3.78. The third-order valence-corrected chi connectivity index (χ3v) is 6.22. The fraction of sp³-hybridized carbons (Fsp3) is 0.278. The van der Waals surface area contributed by atoms with Gasteiger partial charge in [-0.2, -0.15) is 5.10 Å². The number of nitrogens with zero attached hydrogens (tertiary/aromatic N) is 4. The molecule has 140 valence electrons. The van der Waals surface area contributed by atoms with Crippen molar-refractivity contribution >= 4 is 27.3 Å². The van der Waals surface area contributed by atoms with E-state index in [-0.39, 0.29) is 10.7 Å². The number of fused-ring (bicyclic) bond motifs is 1. The minimum Gasteiger partial charge on any atom is -0.325 e. The van der Waals surface area contributed by atoms with Gasteiger partial charge in [-0.15, -0.1) is 10.2 Å². The van der Waals surface area contributed by atoms with Crippen LogP contribution in [0.2, 0.25) is 0 Å². The van der Waals surface area contributed by atoms with Crippen molar-refractivity contribution in [2.45, 2.75) is 31.6 Å². The van der Waals surface area contributed by atoms with E-state index >= 15 is 0 Å². The van der Waals surface area contributed by atoms with Crippen LogP contribution in [0, 0.1) is 13.8 Å². The summed E-state index contributed by atoms with van der Waals surface area (Å²) in [5.74, 6) is 0.866. The molecule has 0 spiro atoms. The number of sulfonamides is 1. The van der Waals surface area contributed by atoms with Crippen LogP contribution < -0.4 is 9.62 Å². The quantitative estimate of drug-likeness (QED) is 0.717. The molecule has 0 saturated carbocycles. The number of para-hydroxylation sites is 1. The number of aromatic amines is 1. The lowest BCUT2D eigenvalue weighted by Gasteiger charge is -2.29. The Hall–Kier alpha value is -2.94. The molecule has 8 nitrogen and oxygen atoms in total. The zero-order valence-electron chi connectivity index (χ0n) is 15.1. The second kappa shape index (κ2) is 6.66. The van der Waals surface area contributed by atoms with Gasteiger partial charge < -0.3 is 4.90 Å². The number of H-pyrrole nitrogens is 1. The largest absolute Gasteiger partial charge is 0.325 e. The van der Waals surface area contributed by atoms with Crippen LogP contribution in [-0.4, -0.2) is 35.4 Å². The molecule has 1 aromatic carbocycles. The van der Waals surface area contributed by atoms with Gasteiger partial charge in [0.1, 0.15) is 4.90 Å². The SMILES string of the molecule is Cc1n[nH]c(C)c1S(=O)(=O)Nc1ccc(N2CCCc3ccccc32)nn1. The van der Waals surface area contributed by atoms with Crippen LogP contribution >= 0.6 is 0 Å². The van der Waals surface area contributed by atoms with Gasteiger partial charge in [-0.1, -0.05) is 18.2 Å². The summed E-state index contributed by atoms with van der Waals surface area (Å²) in [4.78, 5) is 2.24. The first-order valence-corrected chi connectivity index (χ1v) is 10.2. The highest BCUT2D eigenvalue weighted by Gasteiger charge is 2.23. The van der Waals surface area contributed by atoms with Crippen molar-refractivity contribution in [2.24, 2.45) is 0 Å². The van der Waals surface area contributed by atoms with E-state index in [4.69, 9.17) is 0 Å². The van der Waals surface area contributed by atoms with Gasteiger partial charge in [0.2, 0.25) is 0 Å². The Bertz CT molecular complexity index is 1060. The highest BCUT2D eigenvalue weighted by Crippen LogP contribution is 2.32. The van der Waals surface area contributed by atoms with Crippen molar-refractivity contribution in [3.05, 3.63) is 53.3 Å². The number of benzene rings is 1. The van der Waals surface area contributed by atoms with Crippen molar-refractivity contribution < 1.29 is 8.42 Å². The Balaban J connectivity index is 1.59. The molecule has 3 aromatic rings. The lowest BCUT2D eigenvalue weighted by atomic mass is 10.0. The molecule has 0 fully saturated rings. The molecular formula is C18H20N6O2S. The zero-order chi connectivity index (χ0) is 19.0. The Morgan fingerprint density at radius 1 is 1.11 bits per heavy atom. The number of aryl methyl sites for hydroxylation is 3. The predicted octanol–water partition coefficient (Wildman–Crippen LogP) is 2.70. The lowest BCUT2D eigenvalue weighted by Crippen LogP contribution is -2.25. The molecule has 3 heterocycles. The van der Waals surface area contributed by atoms with E-state index in [1.807, 2.05) is 12.1 Å². The van der Waals surface area contributed by atoms with Crippen LogP contribution in [0.4, 0.5) is 17.3 Å². The molecule has 2 aromatic heterocycles. The first-order valence-electron chi connectivity index (χ1n) is 8.69. The van der Waals surface area contributed by atoms with E-state index in [0.717, 1.165) is 25.1 Å². The second-order valence-corrected chi connectivity index (χ2v) is 8.15. The topological polar surface area (TPSA) is 104 Å². The number of hydrogen-bond donors (Lipinski definition) is 2. The highest BCUT2D eigenvalue weighted by atomic mass is 32.2. The van der Waals surface area contributed by atoms with E-state index in [2.05, 4.69) is 42.1 Å². The van der Waals surface area contributed by atoms with Gasteiger partial charge in [0, 0.05) is 12.2 Å². The Morgan fingerprint density at radius 3 is 2.63 bits per heavy atom. The third-order valence-electron chi connectivity index (χ3n) is 4.61. The highest BCUT2D eigenvalue weighted by molar-refractivity contribution is 7.92. The maximum Gasteiger partial charge on any atom is 0.266 e. The van der Waals surface area contributed by atoms with Gasteiger partial charge in [-0.05, 0) is 50.5 Å². The smallest absolute Gasteiger partial charge is 0.266 e. The van der Waals surface area contributed by atoms with Crippen molar-refractivity contribution in [1.29, 1.82) is 0 Å². The summed E-state index contributed by atoms with van der Waals surface area (Å²) in [5, 5.41) is 14.9. The van der Waals surface area contributed by atoms with Crippen LogP contribution in [0.15, 0.2) is 41.3 Å². The van der Waals surface area contributed by atoms with Gasteiger partial charge in [0.25, 0.3) is 10.0 Å². The molecule has 0 atom stereocenters. The Morgan fingerprint density at radius 2 is 1.93 bits per heavy atom. The summed E-state index contributed by atoms with van der Waals surface area (Å²) in [5.41, 5.74) is 3.29. The Kier molecular flexibility index (Phi) is 4.31. The van der Waals surface area contributed by atoms with E-state index < -0.39 is 10.0 Å². The minimum absolute atomic E-state index is 0.137. The van der Waals surface area contributed by atoms with Gasteiger partial charge in [-0.25, -0.2) is 8.42 Å². The molecule has 0 radical (unpaired) electrons. The molecule has 0 unspecified atom stereocenters. The molecule has 1 aliphatic rings. The summed E-state index contributed by atoms with van der Waals surface area (Å²) >= 11 is 0. The van der Waals surface area contributed by atoms with Crippen LogP contribution in [0.25, 0.3) is 0 Å². The van der Waals surface area contributed by atoms with E-state index in [1.54, 1.807) is 26.0 Å². The average Bonchev–Trinajstić information content (AvgIpc) is 3.01. The monoisotopic (exact) mass is 384 g/mol. The van der Waals surface area contributed by atoms with Gasteiger partial charge in [0.05, 0.1) is 11.4 Å². The summed E-state index contributed by atoms with van der Waals surface area (Å²) in [6.45, 7) is 4.15. The van der Waals surface area contributed by atoms with E-state index in [1.165, 1.54) is 5.56 Å². The maximum absolute atomic E-state index is 12.6. The zero-order valence-corrected chi connectivity index (χ0v) is 15.9. The van der Waals surface area contributed by atoms with Gasteiger partial charge >= 0.3 is 0 Å². The van der Waals surface area contributed by atoms with Gasteiger partial charge in [0.15, 0.2) is 11.6 Å². The van der Waals surface area contributed by atoms with Crippen LogP contribution in [0.1, 0.15) is 23.4 Å². The molecule has 9 heteroatoms. The van der Waals surface area contributed by atoms with Crippen LogP contribution in [0.5, 0.6) is 0 Å². The van der Waals surface area contributed by atoms with E-state index in [0.29, 0.717) is 17.2 Å². The number of anilines is 3. The predicted molar refractivity (Wildman–Crippen MR) is 103 cm³/mol. The fourth-order valence-corrected chi connectivity index (χ4v) is 4.79. The number of rotatable bonds is 4. The second-order valence-electron chi connectivity index (χ2n) is 6.53. The summed E-state index contributed by atoms with van der Waals surface area (Å²) in [6.07, 6.45) is 2.08. The molecule has 2 N–H and O–H groups in total. The number of hydrogen-bond acceptors (Lipinski definition) is 6. The van der Waals surface area contributed by atoms with Crippen molar-refractivity contribution in [3.8, 4) is 0 Å². The molecule has 27 heavy (non-hydrogen) atoms. The summed E-state index contributed by atoms with van der Waals surface area (Å²) < 4.78 is 27.7. The molecule has 0 saturated heterocycles. The fourth-order valence-electron chi connectivity index (χ4n) is 3.42. The first kappa shape index (κ1) is 17.5. The van der Waals surface area contributed by atoms with Crippen molar-refractivity contribution in [2.75, 3.05) is 16.2 Å². The molecule has 4 rings (SSSR count). The summed E-state index contributed by atoms with van der Waals surface area (Å²) in [6, 6.07) is 11.6. The minimum atomic E-state index is -3.78. The molecule has 0 amide bonds. The lowest BCUT2D eigenvalue weighted by molar-refractivity contribution is 0.600.